The summed E-state index contributed by atoms with van der Waals surface area (Å²) in [5.41, 5.74) is 0. The lowest BCUT2D eigenvalue weighted by Crippen LogP contribution is -2.21. The standard InChI is InChI=1S/C6H12N2.C3H9O3P/c1-3-8-5-4-7(2)6-8;1-3(2)6-7(4)5/h4-5H,3,6H2,1-2H3;3,7H,1-2H3,(H,4,5). The second kappa shape index (κ2) is 7.74. The molecule has 0 fully saturated rings. The zero-order valence-electron chi connectivity index (χ0n) is 9.80. The van der Waals surface area contributed by atoms with E-state index in [1.165, 1.54) is 0 Å². The zero-order chi connectivity index (χ0) is 11.8. The highest BCUT2D eigenvalue weighted by Crippen LogP contribution is 2.16. The minimum atomic E-state index is -2.68. The molecular formula is C9H21N2O3P. The van der Waals surface area contributed by atoms with Crippen molar-refractivity contribution in [2.24, 2.45) is 0 Å². The van der Waals surface area contributed by atoms with Crippen LogP contribution < -0.4 is 0 Å². The molecule has 0 spiro atoms. The fourth-order valence-electron chi connectivity index (χ4n) is 0.996. The first-order valence-electron chi connectivity index (χ1n) is 4.97. The van der Waals surface area contributed by atoms with Gasteiger partial charge < -0.3 is 19.2 Å². The summed E-state index contributed by atoms with van der Waals surface area (Å²) in [5, 5.41) is 0. The van der Waals surface area contributed by atoms with Crippen molar-refractivity contribution in [1.29, 1.82) is 0 Å². The first kappa shape index (κ1) is 14.5. The molecule has 1 N–H and O–H groups in total. The van der Waals surface area contributed by atoms with Gasteiger partial charge in [-0.2, -0.15) is 0 Å². The van der Waals surface area contributed by atoms with Gasteiger partial charge in [0.15, 0.2) is 0 Å². The molecule has 1 rings (SSSR count). The monoisotopic (exact) mass is 236 g/mol. The van der Waals surface area contributed by atoms with Gasteiger partial charge in [0.1, 0.15) is 0 Å². The van der Waals surface area contributed by atoms with Gasteiger partial charge in [-0.3, -0.25) is 4.57 Å². The molecule has 0 aromatic rings. The molecule has 0 saturated carbocycles. The molecule has 1 atom stereocenters. The van der Waals surface area contributed by atoms with Crippen LogP contribution in [-0.2, 0) is 9.09 Å². The second-order valence-electron chi connectivity index (χ2n) is 3.53. The average Bonchev–Trinajstić information content (AvgIpc) is 2.49. The first-order chi connectivity index (χ1) is 6.95. The summed E-state index contributed by atoms with van der Waals surface area (Å²) in [7, 11) is -0.609. The Kier molecular flexibility index (Phi) is 7.48. The molecule has 0 amide bonds. The van der Waals surface area contributed by atoms with E-state index in [1.807, 2.05) is 0 Å². The Balaban J connectivity index is 0.000000265. The number of nitrogens with zero attached hydrogens (tertiary/aromatic N) is 2. The van der Waals surface area contributed by atoms with E-state index in [0.29, 0.717) is 0 Å². The van der Waals surface area contributed by atoms with Crippen LogP contribution in [0.15, 0.2) is 12.4 Å². The van der Waals surface area contributed by atoms with E-state index in [1.54, 1.807) is 13.8 Å². The summed E-state index contributed by atoms with van der Waals surface area (Å²) < 4.78 is 14.1. The minimum Gasteiger partial charge on any atom is -0.362 e. The van der Waals surface area contributed by atoms with Gasteiger partial charge in [-0.15, -0.1) is 0 Å². The van der Waals surface area contributed by atoms with Gasteiger partial charge in [-0.25, -0.2) is 0 Å². The third-order valence-electron chi connectivity index (χ3n) is 1.68. The summed E-state index contributed by atoms with van der Waals surface area (Å²) in [4.78, 5) is 12.5. The quantitative estimate of drug-likeness (QED) is 0.752. The van der Waals surface area contributed by atoms with E-state index in [-0.39, 0.29) is 6.10 Å². The van der Waals surface area contributed by atoms with Crippen molar-refractivity contribution in [1.82, 2.24) is 9.80 Å². The predicted octanol–water partition coefficient (Wildman–Crippen LogP) is 1.48. The van der Waals surface area contributed by atoms with Crippen molar-refractivity contribution in [3.63, 3.8) is 0 Å². The lowest BCUT2D eigenvalue weighted by molar-refractivity contribution is 0.222. The molecule has 0 aliphatic carbocycles. The SMILES string of the molecule is CC(C)O[PH](=O)O.CCN1C=CN(C)C1. The largest absolute Gasteiger partial charge is 0.362 e. The van der Waals surface area contributed by atoms with Gasteiger partial charge in [0.2, 0.25) is 0 Å². The summed E-state index contributed by atoms with van der Waals surface area (Å²) in [6, 6.07) is 0. The van der Waals surface area contributed by atoms with Gasteiger partial charge in [-0.1, -0.05) is 0 Å². The van der Waals surface area contributed by atoms with E-state index >= 15 is 0 Å². The van der Waals surface area contributed by atoms with Crippen molar-refractivity contribution in [2.45, 2.75) is 26.9 Å². The molecule has 0 aromatic carbocycles. The van der Waals surface area contributed by atoms with Crippen LogP contribution in [-0.4, -0.2) is 41.1 Å². The van der Waals surface area contributed by atoms with Gasteiger partial charge in [0, 0.05) is 26.0 Å². The third-order valence-corrected chi connectivity index (χ3v) is 2.35. The van der Waals surface area contributed by atoms with Gasteiger partial charge in [0.05, 0.1) is 12.8 Å². The van der Waals surface area contributed by atoms with Crippen LogP contribution in [0.3, 0.4) is 0 Å². The third kappa shape index (κ3) is 8.48. The lowest BCUT2D eigenvalue weighted by Gasteiger charge is -2.14. The molecule has 90 valence electrons. The maximum atomic E-state index is 9.77. The van der Waals surface area contributed by atoms with Crippen LogP contribution in [0.1, 0.15) is 20.8 Å². The highest BCUT2D eigenvalue weighted by atomic mass is 31.1. The van der Waals surface area contributed by atoms with Crippen LogP contribution in [0.25, 0.3) is 0 Å². The Morgan fingerprint density at radius 1 is 1.53 bits per heavy atom. The molecule has 1 aliphatic heterocycles. The maximum absolute atomic E-state index is 9.77. The molecular weight excluding hydrogens is 215 g/mol. The molecule has 1 aliphatic rings. The highest BCUT2D eigenvalue weighted by molar-refractivity contribution is 7.32. The average molecular weight is 236 g/mol. The minimum absolute atomic E-state index is 0.142. The first-order valence-corrected chi connectivity index (χ1v) is 6.24. The van der Waals surface area contributed by atoms with Crippen LogP contribution >= 0.6 is 8.25 Å². The molecule has 15 heavy (non-hydrogen) atoms. The van der Waals surface area contributed by atoms with E-state index in [9.17, 15) is 4.57 Å². The number of hydrogen-bond acceptors (Lipinski definition) is 4. The normalized spacial score (nSPS) is 16.7. The Hall–Kier alpha value is -0.510. The Morgan fingerprint density at radius 3 is 2.27 bits per heavy atom. The van der Waals surface area contributed by atoms with Crippen LogP contribution in [0.2, 0.25) is 0 Å². The number of rotatable bonds is 3. The predicted molar refractivity (Wildman–Crippen MR) is 61.6 cm³/mol. The molecule has 6 heteroatoms. The Bertz CT molecular complexity index is 221. The lowest BCUT2D eigenvalue weighted by atomic mass is 10.5. The second-order valence-corrected chi connectivity index (χ2v) is 4.30. The van der Waals surface area contributed by atoms with E-state index in [2.05, 4.69) is 40.7 Å². The Morgan fingerprint density at radius 2 is 2.13 bits per heavy atom. The number of hydrogen-bond donors (Lipinski definition) is 1. The molecule has 1 unspecified atom stereocenters. The zero-order valence-corrected chi connectivity index (χ0v) is 10.8. The van der Waals surface area contributed by atoms with Crippen LogP contribution in [0.4, 0.5) is 0 Å². The fraction of sp³-hybridized carbons (Fsp3) is 0.778. The van der Waals surface area contributed by atoms with Crippen molar-refractivity contribution in [2.75, 3.05) is 20.3 Å². The topological polar surface area (TPSA) is 53.0 Å². The van der Waals surface area contributed by atoms with Crippen molar-refractivity contribution < 1.29 is 14.0 Å². The Labute approximate surface area is 92.3 Å². The molecule has 0 aromatic heterocycles. The van der Waals surface area contributed by atoms with Crippen molar-refractivity contribution >= 4 is 8.25 Å². The summed E-state index contributed by atoms with van der Waals surface area (Å²) >= 11 is 0. The molecule has 5 nitrogen and oxygen atoms in total. The van der Waals surface area contributed by atoms with Gasteiger partial charge in [-0.05, 0) is 20.8 Å². The summed E-state index contributed by atoms with van der Waals surface area (Å²) in [6.45, 7) is 7.73. The summed E-state index contributed by atoms with van der Waals surface area (Å²) in [6.07, 6.45) is 4.06. The fourth-order valence-corrected chi connectivity index (χ4v) is 1.40. The van der Waals surface area contributed by atoms with Crippen LogP contribution in [0, 0.1) is 0 Å². The van der Waals surface area contributed by atoms with Crippen molar-refractivity contribution in [3.8, 4) is 0 Å². The molecule has 1 heterocycles. The van der Waals surface area contributed by atoms with E-state index in [4.69, 9.17) is 4.89 Å². The molecule has 0 radical (unpaired) electrons. The smallest absolute Gasteiger partial charge is 0.316 e. The van der Waals surface area contributed by atoms with E-state index < -0.39 is 8.25 Å². The van der Waals surface area contributed by atoms with Gasteiger partial charge >= 0.3 is 8.25 Å². The summed E-state index contributed by atoms with van der Waals surface area (Å²) in [5.74, 6) is 0. The molecule has 0 bridgehead atoms. The van der Waals surface area contributed by atoms with Gasteiger partial charge in [0.25, 0.3) is 0 Å². The molecule has 0 saturated heterocycles. The highest BCUT2D eigenvalue weighted by Gasteiger charge is 2.03. The van der Waals surface area contributed by atoms with Crippen molar-refractivity contribution in [3.05, 3.63) is 12.4 Å². The van der Waals surface area contributed by atoms with E-state index in [0.717, 1.165) is 13.2 Å². The maximum Gasteiger partial charge on any atom is 0.316 e. The van der Waals surface area contributed by atoms with Crippen LogP contribution in [0.5, 0.6) is 0 Å².